The van der Waals surface area contributed by atoms with Crippen molar-refractivity contribution in [1.29, 1.82) is 0 Å². The average molecular weight is 640 g/mol. The second kappa shape index (κ2) is 12.3. The molecule has 0 aliphatic rings. The Morgan fingerprint density at radius 1 is 0.360 bits per heavy atom. The van der Waals surface area contributed by atoms with Crippen molar-refractivity contribution in [2.45, 2.75) is 0 Å². The Morgan fingerprint density at radius 3 is 1.54 bits per heavy atom. The highest BCUT2D eigenvalue weighted by atomic mass is 15.0. The maximum Gasteiger partial charge on any atom is 0.164 e. The zero-order valence-corrected chi connectivity index (χ0v) is 27.0. The molecule has 0 aliphatic heterocycles. The molecule has 5 heteroatoms. The molecule has 5 nitrogen and oxygen atoms in total. The number of pyridine rings is 2. The zero-order valence-electron chi connectivity index (χ0n) is 27.0. The SMILES string of the molecule is C=Cc1ccc2c3ccc(-c4cccc(-c5ccccc5-c5nc(-c6ccncc6)nc(-c6ccncc6)n5)c4)cc3c3ccccc3c2c1. The maximum absolute atomic E-state index is 4.99. The third kappa shape index (κ3) is 5.18. The summed E-state index contributed by atoms with van der Waals surface area (Å²) in [5, 5.41) is 7.45. The van der Waals surface area contributed by atoms with E-state index < -0.39 is 0 Å². The molecule has 9 aromatic rings. The fraction of sp³-hybridized carbons (Fsp3) is 0. The number of hydrogen-bond acceptors (Lipinski definition) is 5. The van der Waals surface area contributed by atoms with E-state index in [9.17, 15) is 0 Å². The molecule has 0 spiro atoms. The fourth-order valence-electron chi connectivity index (χ4n) is 6.83. The van der Waals surface area contributed by atoms with Gasteiger partial charge in [0, 0.05) is 41.5 Å². The summed E-state index contributed by atoms with van der Waals surface area (Å²) in [4.78, 5) is 23.2. The first-order valence-electron chi connectivity index (χ1n) is 16.5. The molecule has 234 valence electrons. The zero-order chi connectivity index (χ0) is 33.4. The van der Waals surface area contributed by atoms with Crippen LogP contribution in [0.1, 0.15) is 5.56 Å². The fourth-order valence-corrected chi connectivity index (χ4v) is 6.83. The van der Waals surface area contributed by atoms with Crippen LogP contribution < -0.4 is 0 Å². The van der Waals surface area contributed by atoms with Gasteiger partial charge in [0.25, 0.3) is 0 Å². The van der Waals surface area contributed by atoms with Crippen LogP contribution in [0.15, 0.2) is 165 Å². The number of benzene rings is 6. The maximum atomic E-state index is 4.99. The smallest absolute Gasteiger partial charge is 0.164 e. The van der Waals surface area contributed by atoms with Gasteiger partial charge in [-0.2, -0.15) is 0 Å². The van der Waals surface area contributed by atoms with Crippen LogP contribution in [0.3, 0.4) is 0 Å². The van der Waals surface area contributed by atoms with Crippen LogP contribution in [-0.2, 0) is 0 Å². The van der Waals surface area contributed by atoms with E-state index in [-0.39, 0.29) is 0 Å². The summed E-state index contributed by atoms with van der Waals surface area (Å²) in [5.74, 6) is 1.78. The minimum atomic E-state index is 0.587. The number of rotatable bonds is 6. The summed E-state index contributed by atoms with van der Waals surface area (Å²) in [6.07, 6.45) is 8.91. The van der Waals surface area contributed by atoms with Crippen molar-refractivity contribution in [2.24, 2.45) is 0 Å². The molecule has 0 aliphatic carbocycles. The first-order chi connectivity index (χ1) is 24.7. The monoisotopic (exact) mass is 639 g/mol. The van der Waals surface area contributed by atoms with Crippen molar-refractivity contribution in [2.75, 3.05) is 0 Å². The summed E-state index contributed by atoms with van der Waals surface area (Å²) in [7, 11) is 0. The van der Waals surface area contributed by atoms with E-state index in [2.05, 4.69) is 120 Å². The predicted octanol–water partition coefficient (Wildman–Crippen LogP) is 11.1. The molecule has 50 heavy (non-hydrogen) atoms. The Hall–Kier alpha value is -6.85. The summed E-state index contributed by atoms with van der Waals surface area (Å²) >= 11 is 0. The van der Waals surface area contributed by atoms with Gasteiger partial charge in [0.2, 0.25) is 0 Å². The standard InChI is InChI=1S/C45H29N5/c1-2-29-14-16-38-39-17-15-33(28-42(39)37-12-5-4-11-36(37)41(38)26-29)32-8-7-9-34(27-32)35-10-3-6-13-40(35)45-49-43(30-18-22-46-23-19-30)48-44(50-45)31-20-24-47-25-21-31/h2-28H,1H2. The van der Waals surface area contributed by atoms with Gasteiger partial charge < -0.3 is 0 Å². The molecular formula is C45H29N5. The summed E-state index contributed by atoms with van der Waals surface area (Å²) in [6, 6.07) is 46.8. The summed E-state index contributed by atoms with van der Waals surface area (Å²) in [5.41, 5.74) is 8.20. The molecule has 0 saturated heterocycles. The van der Waals surface area contributed by atoms with Crippen LogP contribution >= 0.6 is 0 Å². The lowest BCUT2D eigenvalue weighted by atomic mass is 9.90. The molecule has 0 saturated carbocycles. The van der Waals surface area contributed by atoms with Crippen molar-refractivity contribution < 1.29 is 0 Å². The van der Waals surface area contributed by atoms with Crippen LogP contribution in [0.5, 0.6) is 0 Å². The lowest BCUT2D eigenvalue weighted by Gasteiger charge is -2.14. The Balaban J connectivity index is 1.18. The lowest BCUT2D eigenvalue weighted by molar-refractivity contribution is 1.07. The van der Waals surface area contributed by atoms with Crippen LogP contribution in [0.4, 0.5) is 0 Å². The van der Waals surface area contributed by atoms with Gasteiger partial charge in [-0.1, -0.05) is 104 Å². The molecule has 0 N–H and O–H groups in total. The number of nitrogens with zero attached hydrogens (tertiary/aromatic N) is 5. The molecular weight excluding hydrogens is 611 g/mol. The summed E-state index contributed by atoms with van der Waals surface area (Å²) in [6.45, 7) is 4.00. The van der Waals surface area contributed by atoms with Crippen LogP contribution in [0.25, 0.3) is 94.8 Å². The second-order valence-electron chi connectivity index (χ2n) is 12.2. The van der Waals surface area contributed by atoms with Gasteiger partial charge >= 0.3 is 0 Å². The Morgan fingerprint density at radius 2 is 0.880 bits per heavy atom. The van der Waals surface area contributed by atoms with Gasteiger partial charge in [0.15, 0.2) is 17.5 Å². The predicted molar refractivity (Wildman–Crippen MR) is 205 cm³/mol. The Kier molecular flexibility index (Phi) is 7.21. The van der Waals surface area contributed by atoms with Crippen molar-refractivity contribution in [3.63, 3.8) is 0 Å². The van der Waals surface area contributed by atoms with Gasteiger partial charge in [-0.05, 0) is 103 Å². The third-order valence-corrected chi connectivity index (χ3v) is 9.28. The topological polar surface area (TPSA) is 64.5 Å². The molecule has 3 aromatic heterocycles. The van der Waals surface area contributed by atoms with E-state index >= 15 is 0 Å². The Labute approximate surface area is 289 Å². The summed E-state index contributed by atoms with van der Waals surface area (Å²) < 4.78 is 0. The Bertz CT molecular complexity index is 2640. The van der Waals surface area contributed by atoms with Gasteiger partial charge in [-0.25, -0.2) is 15.0 Å². The largest absolute Gasteiger partial charge is 0.265 e. The van der Waals surface area contributed by atoms with E-state index in [4.69, 9.17) is 15.0 Å². The molecule has 0 radical (unpaired) electrons. The molecule has 9 rings (SSSR count). The van der Waals surface area contributed by atoms with Gasteiger partial charge in [0.05, 0.1) is 0 Å². The molecule has 0 amide bonds. The lowest BCUT2D eigenvalue weighted by Crippen LogP contribution is -2.01. The first kappa shape index (κ1) is 29.3. The van der Waals surface area contributed by atoms with Gasteiger partial charge in [-0.3, -0.25) is 9.97 Å². The normalized spacial score (nSPS) is 11.3. The number of aromatic nitrogens is 5. The van der Waals surface area contributed by atoms with E-state index in [0.29, 0.717) is 17.5 Å². The minimum absolute atomic E-state index is 0.587. The van der Waals surface area contributed by atoms with E-state index in [1.54, 1.807) is 24.8 Å². The molecule has 0 fully saturated rings. The highest BCUT2D eigenvalue weighted by Crippen LogP contribution is 2.39. The quantitative estimate of drug-likeness (QED) is 0.169. The van der Waals surface area contributed by atoms with Crippen molar-refractivity contribution in [1.82, 2.24) is 24.9 Å². The van der Waals surface area contributed by atoms with Crippen LogP contribution in [-0.4, -0.2) is 24.9 Å². The van der Waals surface area contributed by atoms with Gasteiger partial charge in [0.1, 0.15) is 0 Å². The van der Waals surface area contributed by atoms with E-state index in [1.807, 2.05) is 36.4 Å². The minimum Gasteiger partial charge on any atom is -0.265 e. The number of hydrogen-bond donors (Lipinski definition) is 0. The third-order valence-electron chi connectivity index (χ3n) is 9.28. The second-order valence-corrected chi connectivity index (χ2v) is 12.2. The molecule has 6 aromatic carbocycles. The van der Waals surface area contributed by atoms with Crippen molar-refractivity contribution >= 4 is 38.4 Å². The first-order valence-corrected chi connectivity index (χ1v) is 16.5. The van der Waals surface area contributed by atoms with E-state index in [0.717, 1.165) is 44.5 Å². The van der Waals surface area contributed by atoms with Crippen LogP contribution in [0, 0.1) is 0 Å². The molecule has 0 bridgehead atoms. The van der Waals surface area contributed by atoms with Crippen molar-refractivity contribution in [3.05, 3.63) is 170 Å². The van der Waals surface area contributed by atoms with E-state index in [1.165, 1.54) is 32.3 Å². The highest BCUT2D eigenvalue weighted by Gasteiger charge is 2.16. The number of fused-ring (bicyclic) bond motifs is 6. The molecule has 0 atom stereocenters. The highest BCUT2D eigenvalue weighted by molar-refractivity contribution is 6.26. The molecule has 0 unspecified atom stereocenters. The van der Waals surface area contributed by atoms with Crippen LogP contribution in [0.2, 0.25) is 0 Å². The average Bonchev–Trinajstić information content (AvgIpc) is 3.21. The molecule has 3 heterocycles. The van der Waals surface area contributed by atoms with Crippen molar-refractivity contribution in [3.8, 4) is 56.4 Å². The van der Waals surface area contributed by atoms with Gasteiger partial charge in [-0.15, -0.1) is 0 Å².